The van der Waals surface area contributed by atoms with Crippen molar-refractivity contribution < 1.29 is 9.15 Å². The first-order valence-electron chi connectivity index (χ1n) is 7.33. The van der Waals surface area contributed by atoms with Crippen molar-refractivity contribution in [2.75, 3.05) is 5.32 Å². The summed E-state index contributed by atoms with van der Waals surface area (Å²) in [7, 11) is 0. The lowest BCUT2D eigenvalue weighted by atomic mass is 10.2. The van der Waals surface area contributed by atoms with Crippen LogP contribution in [0.3, 0.4) is 0 Å². The molecule has 0 saturated carbocycles. The van der Waals surface area contributed by atoms with E-state index in [0.717, 1.165) is 28.5 Å². The van der Waals surface area contributed by atoms with E-state index in [1.807, 2.05) is 58.0 Å². The largest absolute Gasteiger partial charge is 0.491 e. The molecule has 0 unspecified atom stereocenters. The van der Waals surface area contributed by atoms with Crippen LogP contribution in [0.2, 0.25) is 0 Å². The van der Waals surface area contributed by atoms with Gasteiger partial charge in [0.05, 0.1) is 12.6 Å². The third kappa shape index (κ3) is 6.13. The molecule has 1 aromatic carbocycles. The summed E-state index contributed by atoms with van der Waals surface area (Å²) in [5.41, 5.74) is 7.82. The number of nitrogens with zero attached hydrogens (tertiary/aromatic N) is 1. The van der Waals surface area contributed by atoms with Crippen LogP contribution >= 0.6 is 24.0 Å². The van der Waals surface area contributed by atoms with E-state index < -0.39 is 0 Å². The zero-order chi connectivity index (χ0) is 16.1. The molecule has 23 heavy (non-hydrogen) atoms. The molecule has 0 radical (unpaired) electrons. The van der Waals surface area contributed by atoms with E-state index in [1.54, 1.807) is 0 Å². The molecule has 0 saturated heterocycles. The van der Waals surface area contributed by atoms with Gasteiger partial charge in [-0.3, -0.25) is 0 Å². The molecule has 0 aliphatic rings. The quantitative estimate of drug-likeness (QED) is 0.424. The molecule has 0 amide bonds. The van der Waals surface area contributed by atoms with Gasteiger partial charge in [-0.25, -0.2) is 4.99 Å². The molecule has 5 nitrogen and oxygen atoms in total. The minimum absolute atomic E-state index is 0. The first-order chi connectivity index (χ1) is 10.4. The Balaban J connectivity index is 0.00000264. The van der Waals surface area contributed by atoms with Gasteiger partial charge in [0.25, 0.3) is 0 Å². The maximum Gasteiger partial charge on any atom is 0.193 e. The van der Waals surface area contributed by atoms with Crippen molar-refractivity contribution in [3.8, 4) is 5.75 Å². The molecule has 0 fully saturated rings. The number of rotatable bonds is 5. The summed E-state index contributed by atoms with van der Waals surface area (Å²) >= 11 is 0. The van der Waals surface area contributed by atoms with Crippen molar-refractivity contribution in [1.82, 2.24) is 0 Å². The summed E-state index contributed by atoms with van der Waals surface area (Å²) in [4.78, 5) is 4.33. The third-order valence-corrected chi connectivity index (χ3v) is 3.06. The first kappa shape index (κ1) is 19.3. The lowest BCUT2D eigenvalue weighted by Gasteiger charge is -2.10. The molecule has 0 bridgehead atoms. The van der Waals surface area contributed by atoms with Crippen LogP contribution in [-0.2, 0) is 6.54 Å². The summed E-state index contributed by atoms with van der Waals surface area (Å²) in [5, 5.41) is 3.06. The molecule has 0 aliphatic heterocycles. The van der Waals surface area contributed by atoms with Gasteiger partial charge in [0, 0.05) is 11.3 Å². The fourth-order valence-electron chi connectivity index (χ4n) is 2.09. The number of nitrogens with one attached hydrogen (secondary N) is 1. The summed E-state index contributed by atoms with van der Waals surface area (Å²) in [6, 6.07) is 9.60. The number of furan rings is 1. The summed E-state index contributed by atoms with van der Waals surface area (Å²) < 4.78 is 11.1. The highest BCUT2D eigenvalue weighted by molar-refractivity contribution is 14.0. The van der Waals surface area contributed by atoms with Crippen LogP contribution in [0.15, 0.2) is 39.7 Å². The standard InChI is InChI=1S/C17H23N3O2.HI/c1-11(2)21-16-7-5-15(6-8-16)20-17(18)19-10-14-9-12(3)22-13(14)4;/h5-9,11H,10H2,1-4H3,(H3,18,19,20);1H. The highest BCUT2D eigenvalue weighted by Gasteiger charge is 2.04. The molecule has 3 N–H and O–H groups in total. The molecule has 1 aromatic heterocycles. The van der Waals surface area contributed by atoms with Crippen LogP contribution in [-0.4, -0.2) is 12.1 Å². The molecule has 1 heterocycles. The number of benzene rings is 1. The van der Waals surface area contributed by atoms with E-state index in [-0.39, 0.29) is 30.1 Å². The first-order valence-corrected chi connectivity index (χ1v) is 7.33. The molecule has 0 aliphatic carbocycles. The van der Waals surface area contributed by atoms with E-state index in [4.69, 9.17) is 14.9 Å². The van der Waals surface area contributed by atoms with Gasteiger partial charge in [-0.15, -0.1) is 24.0 Å². The molecule has 2 aromatic rings. The predicted molar refractivity (Wildman–Crippen MR) is 105 cm³/mol. The minimum atomic E-state index is 0. The van der Waals surface area contributed by atoms with Crippen molar-refractivity contribution >= 4 is 35.6 Å². The van der Waals surface area contributed by atoms with Gasteiger partial charge < -0.3 is 20.2 Å². The highest BCUT2D eigenvalue weighted by atomic mass is 127. The van der Waals surface area contributed by atoms with Crippen molar-refractivity contribution in [2.24, 2.45) is 10.7 Å². The maximum absolute atomic E-state index is 5.91. The number of nitrogens with two attached hydrogens (primary N) is 1. The minimum Gasteiger partial charge on any atom is -0.491 e. The second-order valence-corrected chi connectivity index (χ2v) is 5.46. The summed E-state index contributed by atoms with van der Waals surface area (Å²) in [6.45, 7) is 8.33. The van der Waals surface area contributed by atoms with E-state index in [0.29, 0.717) is 12.5 Å². The van der Waals surface area contributed by atoms with Crippen LogP contribution < -0.4 is 15.8 Å². The number of hydrogen-bond donors (Lipinski definition) is 2. The van der Waals surface area contributed by atoms with Gasteiger partial charge in [-0.05, 0) is 58.0 Å². The Labute approximate surface area is 154 Å². The Kier molecular flexibility index (Phi) is 7.41. The summed E-state index contributed by atoms with van der Waals surface area (Å²) in [6.07, 6.45) is 0.159. The van der Waals surface area contributed by atoms with E-state index in [9.17, 15) is 0 Å². The van der Waals surface area contributed by atoms with Crippen molar-refractivity contribution in [2.45, 2.75) is 40.3 Å². The Morgan fingerprint density at radius 2 is 1.91 bits per heavy atom. The van der Waals surface area contributed by atoms with Gasteiger partial charge in [0.1, 0.15) is 17.3 Å². The Morgan fingerprint density at radius 3 is 2.43 bits per heavy atom. The number of aliphatic imine (C=N–C) groups is 1. The molecule has 126 valence electrons. The number of ether oxygens (including phenoxy) is 1. The van der Waals surface area contributed by atoms with Gasteiger partial charge in [-0.2, -0.15) is 0 Å². The highest BCUT2D eigenvalue weighted by Crippen LogP contribution is 2.17. The third-order valence-electron chi connectivity index (χ3n) is 3.06. The average Bonchev–Trinajstić information content (AvgIpc) is 2.76. The van der Waals surface area contributed by atoms with Gasteiger partial charge in [0.2, 0.25) is 0 Å². The SMILES string of the molecule is Cc1cc(CN=C(N)Nc2ccc(OC(C)C)cc2)c(C)o1.I. The Hall–Kier alpha value is -1.70. The smallest absolute Gasteiger partial charge is 0.193 e. The topological polar surface area (TPSA) is 72.8 Å². The molecular formula is C17H24IN3O2. The lowest BCUT2D eigenvalue weighted by molar-refractivity contribution is 0.242. The van der Waals surface area contributed by atoms with Gasteiger partial charge >= 0.3 is 0 Å². The van der Waals surface area contributed by atoms with Crippen LogP contribution in [0.25, 0.3) is 0 Å². The van der Waals surface area contributed by atoms with Crippen molar-refractivity contribution in [3.05, 3.63) is 47.4 Å². The molecule has 0 atom stereocenters. The Morgan fingerprint density at radius 1 is 1.26 bits per heavy atom. The van der Waals surface area contributed by atoms with Crippen LogP contribution in [0.5, 0.6) is 5.75 Å². The van der Waals surface area contributed by atoms with Crippen LogP contribution in [0.1, 0.15) is 30.9 Å². The molecular weight excluding hydrogens is 405 g/mol. The molecule has 2 rings (SSSR count). The maximum atomic E-state index is 5.91. The predicted octanol–water partition coefficient (Wildman–Crippen LogP) is 4.23. The van der Waals surface area contributed by atoms with Crippen molar-refractivity contribution in [1.29, 1.82) is 0 Å². The molecule has 6 heteroatoms. The molecule has 0 spiro atoms. The second kappa shape index (κ2) is 8.81. The van der Waals surface area contributed by atoms with E-state index in [1.165, 1.54) is 0 Å². The summed E-state index contributed by atoms with van der Waals surface area (Å²) in [5.74, 6) is 2.97. The number of aryl methyl sites for hydroxylation is 2. The number of anilines is 1. The zero-order valence-electron chi connectivity index (χ0n) is 13.9. The number of hydrogen-bond acceptors (Lipinski definition) is 3. The van der Waals surface area contributed by atoms with Crippen LogP contribution in [0.4, 0.5) is 5.69 Å². The van der Waals surface area contributed by atoms with Gasteiger partial charge in [0.15, 0.2) is 5.96 Å². The van der Waals surface area contributed by atoms with Crippen molar-refractivity contribution in [3.63, 3.8) is 0 Å². The van der Waals surface area contributed by atoms with Crippen LogP contribution in [0, 0.1) is 13.8 Å². The monoisotopic (exact) mass is 429 g/mol. The normalized spacial score (nSPS) is 11.3. The fourth-order valence-corrected chi connectivity index (χ4v) is 2.09. The number of halogens is 1. The Bertz CT molecular complexity index is 648. The average molecular weight is 429 g/mol. The van der Waals surface area contributed by atoms with Gasteiger partial charge in [-0.1, -0.05) is 0 Å². The van der Waals surface area contributed by atoms with E-state index >= 15 is 0 Å². The number of guanidine groups is 1. The zero-order valence-corrected chi connectivity index (χ0v) is 16.3. The fraction of sp³-hybridized carbons (Fsp3) is 0.353. The lowest BCUT2D eigenvalue weighted by Crippen LogP contribution is -2.22. The second-order valence-electron chi connectivity index (χ2n) is 5.46. The van der Waals surface area contributed by atoms with E-state index in [2.05, 4.69) is 10.3 Å².